The molecule has 0 aliphatic rings. The largest absolute Gasteiger partial charge is 0.481 e. The monoisotopic (exact) mass is 377 g/mol. The first-order valence-electron chi connectivity index (χ1n) is 8.05. The van der Waals surface area contributed by atoms with E-state index in [2.05, 4.69) is 10.3 Å². The molecule has 9 heteroatoms. The summed E-state index contributed by atoms with van der Waals surface area (Å²) in [7, 11) is 0. The van der Waals surface area contributed by atoms with E-state index in [-0.39, 0.29) is 17.9 Å². The van der Waals surface area contributed by atoms with E-state index < -0.39 is 22.2 Å². The number of aromatic nitrogens is 1. The third-order valence-electron chi connectivity index (χ3n) is 4.46. The number of non-ortho nitro benzene ring substituents is 1. The number of nitro benzene ring substituents is 1. The summed E-state index contributed by atoms with van der Waals surface area (Å²) in [4.78, 5) is 38.2. The molecule has 0 fully saturated rings. The van der Waals surface area contributed by atoms with Gasteiger partial charge in [-0.2, -0.15) is 0 Å². The third-order valence-corrected chi connectivity index (χ3v) is 5.35. The molecule has 0 aliphatic heterocycles. The van der Waals surface area contributed by atoms with Crippen LogP contribution in [0.25, 0.3) is 10.6 Å². The number of rotatable bonds is 8. The van der Waals surface area contributed by atoms with Gasteiger partial charge in [0.2, 0.25) is 0 Å². The van der Waals surface area contributed by atoms with Gasteiger partial charge in [0.05, 0.1) is 10.3 Å². The normalized spacial score (nSPS) is 11.2. The van der Waals surface area contributed by atoms with E-state index in [0.717, 1.165) is 0 Å². The minimum Gasteiger partial charge on any atom is -0.481 e. The Hall–Kier alpha value is -2.81. The molecule has 2 aromatic rings. The van der Waals surface area contributed by atoms with Crippen molar-refractivity contribution in [3.63, 3.8) is 0 Å². The van der Waals surface area contributed by atoms with Crippen LogP contribution in [0.2, 0.25) is 0 Å². The Labute approximate surface area is 154 Å². The van der Waals surface area contributed by atoms with Gasteiger partial charge >= 0.3 is 5.97 Å². The summed E-state index contributed by atoms with van der Waals surface area (Å²) in [5.41, 5.74) is -0.156. The number of aliphatic carboxylic acids is 1. The van der Waals surface area contributed by atoms with Gasteiger partial charge < -0.3 is 10.4 Å². The van der Waals surface area contributed by atoms with Crippen molar-refractivity contribution in [1.82, 2.24) is 10.3 Å². The first-order valence-corrected chi connectivity index (χ1v) is 8.93. The van der Waals surface area contributed by atoms with Crippen LogP contribution in [0.5, 0.6) is 0 Å². The fourth-order valence-electron chi connectivity index (χ4n) is 2.45. The fraction of sp³-hybridized carbons (Fsp3) is 0.353. The van der Waals surface area contributed by atoms with Crippen LogP contribution in [0.3, 0.4) is 0 Å². The van der Waals surface area contributed by atoms with Crippen molar-refractivity contribution in [2.45, 2.75) is 26.7 Å². The van der Waals surface area contributed by atoms with Gasteiger partial charge in [-0.15, -0.1) is 11.3 Å². The van der Waals surface area contributed by atoms with Crippen LogP contribution in [0.4, 0.5) is 5.69 Å². The second-order valence-corrected chi connectivity index (χ2v) is 6.68. The highest BCUT2D eigenvalue weighted by Crippen LogP contribution is 2.27. The molecular weight excluding hydrogens is 358 g/mol. The smallest absolute Gasteiger partial charge is 0.311 e. The molecule has 26 heavy (non-hydrogen) atoms. The molecule has 2 rings (SSSR count). The minimum atomic E-state index is -0.993. The lowest BCUT2D eigenvalue weighted by Crippen LogP contribution is -2.42. The number of benzene rings is 1. The molecule has 0 aliphatic carbocycles. The molecule has 0 spiro atoms. The van der Waals surface area contributed by atoms with E-state index in [9.17, 15) is 24.8 Å². The van der Waals surface area contributed by atoms with Crippen LogP contribution >= 0.6 is 11.3 Å². The second kappa shape index (κ2) is 8.05. The standard InChI is InChI=1S/C17H19N3O5S/c1-3-17(4-2,16(22)23)10-18-14(21)13-9-26-15(19-13)11-5-7-12(8-6-11)20(24)25/h5-9H,3-4,10H2,1-2H3,(H,18,21)(H,22,23). The average molecular weight is 377 g/mol. The number of nitrogens with zero attached hydrogens (tertiary/aromatic N) is 2. The zero-order valence-electron chi connectivity index (χ0n) is 14.4. The van der Waals surface area contributed by atoms with E-state index in [0.29, 0.717) is 23.4 Å². The van der Waals surface area contributed by atoms with Gasteiger partial charge in [-0.05, 0) is 25.0 Å². The number of amides is 1. The van der Waals surface area contributed by atoms with Gasteiger partial charge in [0.1, 0.15) is 10.7 Å². The topological polar surface area (TPSA) is 122 Å². The molecule has 1 heterocycles. The lowest BCUT2D eigenvalue weighted by Gasteiger charge is -2.26. The number of carboxylic acid groups (broad SMARTS) is 1. The Morgan fingerprint density at radius 1 is 1.27 bits per heavy atom. The summed E-state index contributed by atoms with van der Waals surface area (Å²) >= 11 is 1.24. The van der Waals surface area contributed by atoms with Crippen molar-refractivity contribution in [2.75, 3.05) is 6.54 Å². The fourth-order valence-corrected chi connectivity index (χ4v) is 3.26. The van der Waals surface area contributed by atoms with Crippen LogP contribution in [-0.2, 0) is 4.79 Å². The van der Waals surface area contributed by atoms with E-state index in [4.69, 9.17) is 0 Å². The maximum atomic E-state index is 12.3. The van der Waals surface area contributed by atoms with Gasteiger partial charge in [0, 0.05) is 29.6 Å². The molecule has 0 unspecified atom stereocenters. The molecule has 0 atom stereocenters. The van der Waals surface area contributed by atoms with Crippen LogP contribution in [0, 0.1) is 15.5 Å². The summed E-state index contributed by atoms with van der Waals surface area (Å²) in [5.74, 6) is -1.38. The molecule has 1 aromatic heterocycles. The molecule has 8 nitrogen and oxygen atoms in total. The number of thiazole rings is 1. The summed E-state index contributed by atoms with van der Waals surface area (Å²) in [6.45, 7) is 3.58. The maximum Gasteiger partial charge on any atom is 0.311 e. The molecule has 0 saturated carbocycles. The van der Waals surface area contributed by atoms with Crippen molar-refractivity contribution in [3.8, 4) is 10.6 Å². The van der Waals surface area contributed by atoms with Crippen molar-refractivity contribution in [1.29, 1.82) is 0 Å². The van der Waals surface area contributed by atoms with E-state index >= 15 is 0 Å². The second-order valence-electron chi connectivity index (χ2n) is 5.82. The van der Waals surface area contributed by atoms with Gasteiger partial charge in [-0.3, -0.25) is 19.7 Å². The Balaban J connectivity index is 2.10. The highest BCUT2D eigenvalue weighted by Gasteiger charge is 2.35. The van der Waals surface area contributed by atoms with Crippen LogP contribution in [-0.4, -0.2) is 33.4 Å². The molecule has 0 saturated heterocycles. The van der Waals surface area contributed by atoms with E-state index in [1.54, 1.807) is 31.4 Å². The van der Waals surface area contributed by atoms with Crippen LogP contribution in [0.15, 0.2) is 29.6 Å². The Kier molecular flexibility index (Phi) is 6.04. The summed E-state index contributed by atoms with van der Waals surface area (Å²) in [5, 5.41) is 24.9. The predicted molar refractivity (Wildman–Crippen MR) is 97.2 cm³/mol. The molecule has 1 amide bonds. The highest BCUT2D eigenvalue weighted by molar-refractivity contribution is 7.13. The molecule has 1 aromatic carbocycles. The van der Waals surface area contributed by atoms with Crippen molar-refractivity contribution in [3.05, 3.63) is 45.5 Å². The summed E-state index contributed by atoms with van der Waals surface area (Å²) in [6.07, 6.45) is 0.814. The predicted octanol–water partition coefficient (Wildman–Crippen LogP) is 3.34. The first kappa shape index (κ1) is 19.5. The number of carboxylic acids is 1. The zero-order chi connectivity index (χ0) is 19.3. The van der Waals surface area contributed by atoms with Gasteiger partial charge in [-0.25, -0.2) is 4.98 Å². The first-order chi connectivity index (χ1) is 12.3. The van der Waals surface area contributed by atoms with Gasteiger partial charge in [0.25, 0.3) is 11.6 Å². The molecular formula is C17H19N3O5S. The molecule has 0 radical (unpaired) electrons. The number of nitrogens with one attached hydrogen (secondary N) is 1. The SMILES string of the molecule is CCC(CC)(CNC(=O)c1csc(-c2ccc([N+](=O)[O-])cc2)n1)C(=O)O. The number of carbonyl (C=O) groups is 2. The lowest BCUT2D eigenvalue weighted by molar-refractivity contribution is -0.384. The molecule has 2 N–H and O–H groups in total. The lowest BCUT2D eigenvalue weighted by atomic mass is 9.82. The number of nitro groups is 1. The number of hydrogen-bond donors (Lipinski definition) is 2. The highest BCUT2D eigenvalue weighted by atomic mass is 32.1. The Morgan fingerprint density at radius 3 is 2.38 bits per heavy atom. The third kappa shape index (κ3) is 4.05. The van der Waals surface area contributed by atoms with Crippen molar-refractivity contribution >= 4 is 28.9 Å². The Morgan fingerprint density at radius 2 is 1.88 bits per heavy atom. The number of hydrogen-bond acceptors (Lipinski definition) is 6. The van der Waals surface area contributed by atoms with Crippen LogP contribution < -0.4 is 5.32 Å². The quantitative estimate of drug-likeness (QED) is 0.537. The Bertz CT molecular complexity index is 812. The summed E-state index contributed by atoms with van der Waals surface area (Å²) in [6, 6.07) is 5.89. The van der Waals surface area contributed by atoms with Crippen LogP contribution in [0.1, 0.15) is 37.2 Å². The zero-order valence-corrected chi connectivity index (χ0v) is 15.2. The average Bonchev–Trinajstić information content (AvgIpc) is 3.13. The van der Waals surface area contributed by atoms with Gasteiger partial charge in [-0.1, -0.05) is 13.8 Å². The maximum absolute atomic E-state index is 12.3. The molecule has 138 valence electrons. The number of carbonyl (C=O) groups excluding carboxylic acids is 1. The summed E-state index contributed by atoms with van der Waals surface area (Å²) < 4.78 is 0. The van der Waals surface area contributed by atoms with E-state index in [1.165, 1.54) is 23.5 Å². The van der Waals surface area contributed by atoms with Gasteiger partial charge in [0.15, 0.2) is 0 Å². The minimum absolute atomic E-state index is 0.0209. The van der Waals surface area contributed by atoms with Crippen molar-refractivity contribution < 1.29 is 19.6 Å². The van der Waals surface area contributed by atoms with E-state index in [1.807, 2.05) is 0 Å². The molecule has 0 bridgehead atoms. The van der Waals surface area contributed by atoms with Crippen molar-refractivity contribution in [2.24, 2.45) is 5.41 Å².